The molecule has 1 atom stereocenters. The van der Waals surface area contributed by atoms with Crippen LogP contribution in [-0.4, -0.2) is 34.4 Å². The number of aliphatic carboxylic acids is 1. The molecule has 1 unspecified atom stereocenters. The third-order valence-corrected chi connectivity index (χ3v) is 3.33. The van der Waals surface area contributed by atoms with Crippen LogP contribution in [0.1, 0.15) is 42.6 Å². The van der Waals surface area contributed by atoms with Gasteiger partial charge >= 0.3 is 5.97 Å². The van der Waals surface area contributed by atoms with E-state index in [0.29, 0.717) is 5.69 Å². The minimum Gasteiger partial charge on any atom is -0.480 e. The first kappa shape index (κ1) is 16.5. The van der Waals surface area contributed by atoms with Crippen molar-refractivity contribution in [3.8, 4) is 0 Å². The van der Waals surface area contributed by atoms with Gasteiger partial charge in [0.15, 0.2) is 0 Å². The third-order valence-electron chi connectivity index (χ3n) is 2.50. The molecule has 20 heavy (non-hydrogen) atoms. The topological polar surface area (TPSA) is 79.3 Å². The number of carboxylic acids is 1. The summed E-state index contributed by atoms with van der Waals surface area (Å²) in [5.74, 6) is -2.18. The fraction of sp³-hybridized carbons (Fsp3) is 0.583. The van der Waals surface area contributed by atoms with Crippen molar-refractivity contribution in [1.29, 1.82) is 0 Å². The smallest absolute Gasteiger partial charge is 0.326 e. The summed E-state index contributed by atoms with van der Waals surface area (Å²) >= 11 is 1.05. The van der Waals surface area contributed by atoms with Crippen molar-refractivity contribution in [3.63, 3.8) is 0 Å². The fourth-order valence-electron chi connectivity index (χ4n) is 1.56. The molecule has 1 aromatic heterocycles. The SMILES string of the molecule is CC(C)(C)c1ncsc1C(=O)NC(CC(F)F)C(=O)O. The minimum absolute atomic E-state index is 0.248. The first-order valence-electron chi connectivity index (χ1n) is 5.88. The second kappa shape index (κ2) is 6.25. The van der Waals surface area contributed by atoms with Crippen molar-refractivity contribution in [2.45, 2.75) is 45.1 Å². The molecule has 1 rings (SSSR count). The van der Waals surface area contributed by atoms with Gasteiger partial charge in [0, 0.05) is 11.8 Å². The minimum atomic E-state index is -2.81. The monoisotopic (exact) mass is 306 g/mol. The number of hydrogen-bond acceptors (Lipinski definition) is 4. The molecule has 0 saturated carbocycles. The van der Waals surface area contributed by atoms with Crippen LogP contribution < -0.4 is 5.32 Å². The number of aromatic nitrogens is 1. The Morgan fingerprint density at radius 1 is 1.45 bits per heavy atom. The van der Waals surface area contributed by atoms with E-state index in [9.17, 15) is 18.4 Å². The predicted molar refractivity (Wildman–Crippen MR) is 70.3 cm³/mol. The number of carbonyl (C=O) groups excluding carboxylic acids is 1. The molecular weight excluding hydrogens is 290 g/mol. The summed E-state index contributed by atoms with van der Waals surface area (Å²) in [5, 5.41) is 11.0. The van der Waals surface area contributed by atoms with Gasteiger partial charge in [-0.25, -0.2) is 18.6 Å². The van der Waals surface area contributed by atoms with E-state index in [2.05, 4.69) is 10.3 Å². The summed E-state index contributed by atoms with van der Waals surface area (Å²) in [4.78, 5) is 27.2. The molecule has 112 valence electrons. The number of rotatable bonds is 5. The number of nitrogens with zero attached hydrogens (tertiary/aromatic N) is 1. The summed E-state index contributed by atoms with van der Waals surface area (Å²) in [6.45, 7) is 5.56. The molecule has 0 fully saturated rings. The number of thiazole rings is 1. The molecule has 0 aromatic carbocycles. The molecule has 1 heterocycles. The van der Waals surface area contributed by atoms with E-state index in [4.69, 9.17) is 5.11 Å². The number of alkyl halides is 2. The normalized spacial score (nSPS) is 13.3. The van der Waals surface area contributed by atoms with Crippen molar-refractivity contribution >= 4 is 23.2 Å². The molecule has 0 spiro atoms. The molecule has 0 radical (unpaired) electrons. The van der Waals surface area contributed by atoms with Crippen molar-refractivity contribution in [3.05, 3.63) is 16.1 Å². The Morgan fingerprint density at radius 2 is 2.05 bits per heavy atom. The molecule has 2 N–H and O–H groups in total. The largest absolute Gasteiger partial charge is 0.480 e. The third kappa shape index (κ3) is 4.22. The zero-order valence-electron chi connectivity index (χ0n) is 11.3. The van der Waals surface area contributed by atoms with Gasteiger partial charge in [-0.15, -0.1) is 11.3 Å². The lowest BCUT2D eigenvalue weighted by molar-refractivity contribution is -0.140. The summed E-state index contributed by atoms with van der Waals surface area (Å²) in [6, 6.07) is -1.61. The summed E-state index contributed by atoms with van der Waals surface area (Å²) in [5.41, 5.74) is 1.59. The van der Waals surface area contributed by atoms with Crippen LogP contribution in [0.3, 0.4) is 0 Å². The van der Waals surface area contributed by atoms with Crippen molar-refractivity contribution in [2.24, 2.45) is 0 Å². The van der Waals surface area contributed by atoms with E-state index in [1.165, 1.54) is 5.51 Å². The molecule has 1 amide bonds. The van der Waals surface area contributed by atoms with Crippen molar-refractivity contribution in [1.82, 2.24) is 10.3 Å². The molecule has 5 nitrogen and oxygen atoms in total. The van der Waals surface area contributed by atoms with E-state index in [0.717, 1.165) is 11.3 Å². The Balaban J connectivity index is 2.90. The summed E-state index contributed by atoms with van der Waals surface area (Å²) in [6.07, 6.45) is -3.73. The molecule has 1 aromatic rings. The second-order valence-electron chi connectivity index (χ2n) is 5.27. The highest BCUT2D eigenvalue weighted by molar-refractivity contribution is 7.11. The zero-order valence-corrected chi connectivity index (χ0v) is 12.1. The van der Waals surface area contributed by atoms with Crippen LogP contribution in [0.4, 0.5) is 8.78 Å². The van der Waals surface area contributed by atoms with E-state index in [1.54, 1.807) is 0 Å². The van der Waals surface area contributed by atoms with Crippen LogP contribution in [0.25, 0.3) is 0 Å². The number of carbonyl (C=O) groups is 2. The van der Waals surface area contributed by atoms with Crippen molar-refractivity contribution in [2.75, 3.05) is 0 Å². The van der Waals surface area contributed by atoms with Gasteiger partial charge in [0.1, 0.15) is 10.9 Å². The van der Waals surface area contributed by atoms with Crippen LogP contribution >= 0.6 is 11.3 Å². The van der Waals surface area contributed by atoms with Gasteiger partial charge in [-0.2, -0.15) is 0 Å². The van der Waals surface area contributed by atoms with E-state index < -0.39 is 36.2 Å². The highest BCUT2D eigenvalue weighted by Gasteiger charge is 2.29. The number of amides is 1. The molecule has 0 aliphatic heterocycles. The number of hydrogen-bond donors (Lipinski definition) is 2. The van der Waals surface area contributed by atoms with Gasteiger partial charge in [0.25, 0.3) is 5.91 Å². The Morgan fingerprint density at radius 3 is 2.50 bits per heavy atom. The number of carboxylic acid groups (broad SMARTS) is 1. The zero-order chi connectivity index (χ0) is 15.5. The maximum Gasteiger partial charge on any atom is 0.326 e. The molecule has 0 bridgehead atoms. The average molecular weight is 306 g/mol. The summed E-state index contributed by atoms with van der Waals surface area (Å²) in [7, 11) is 0. The Kier molecular flexibility index (Phi) is 5.15. The lowest BCUT2D eigenvalue weighted by Crippen LogP contribution is -2.42. The summed E-state index contributed by atoms with van der Waals surface area (Å²) < 4.78 is 24.6. The van der Waals surface area contributed by atoms with Crippen LogP contribution in [-0.2, 0) is 10.2 Å². The lowest BCUT2D eigenvalue weighted by Gasteiger charge is -2.18. The van der Waals surface area contributed by atoms with E-state index in [1.807, 2.05) is 20.8 Å². The number of nitrogens with one attached hydrogen (secondary N) is 1. The maximum absolute atomic E-state index is 12.3. The Labute approximate surface area is 119 Å². The van der Waals surface area contributed by atoms with Gasteiger partial charge in [0.2, 0.25) is 6.43 Å². The second-order valence-corrected chi connectivity index (χ2v) is 6.13. The molecule has 8 heteroatoms. The number of halogens is 2. The first-order valence-corrected chi connectivity index (χ1v) is 6.76. The van der Waals surface area contributed by atoms with Crippen LogP contribution in [0, 0.1) is 0 Å². The maximum atomic E-state index is 12.3. The molecule has 0 aliphatic rings. The quantitative estimate of drug-likeness (QED) is 0.874. The van der Waals surface area contributed by atoms with Gasteiger partial charge < -0.3 is 10.4 Å². The van der Waals surface area contributed by atoms with E-state index >= 15 is 0 Å². The predicted octanol–water partition coefficient (Wildman–Crippen LogP) is 2.28. The van der Waals surface area contributed by atoms with Gasteiger partial charge in [-0.3, -0.25) is 4.79 Å². The van der Waals surface area contributed by atoms with Crippen LogP contribution in [0.15, 0.2) is 5.51 Å². The van der Waals surface area contributed by atoms with Gasteiger partial charge in [-0.05, 0) is 0 Å². The van der Waals surface area contributed by atoms with E-state index in [-0.39, 0.29) is 4.88 Å². The molecular formula is C12H16F2N2O3S. The standard InChI is InChI=1S/C12H16F2N2O3S/c1-12(2,3)9-8(20-5-15-9)10(17)16-6(11(18)19)4-7(13)14/h5-7H,4H2,1-3H3,(H,16,17)(H,18,19). The highest BCUT2D eigenvalue weighted by atomic mass is 32.1. The highest BCUT2D eigenvalue weighted by Crippen LogP contribution is 2.27. The van der Waals surface area contributed by atoms with Crippen LogP contribution in [0.2, 0.25) is 0 Å². The Bertz CT molecular complexity index is 497. The molecule has 0 aliphatic carbocycles. The van der Waals surface area contributed by atoms with Crippen LogP contribution in [0.5, 0.6) is 0 Å². The Hall–Kier alpha value is -1.57. The first-order chi connectivity index (χ1) is 9.12. The molecule has 0 saturated heterocycles. The lowest BCUT2D eigenvalue weighted by atomic mass is 9.91. The fourth-order valence-corrected chi connectivity index (χ4v) is 2.46. The van der Waals surface area contributed by atoms with Gasteiger partial charge in [-0.1, -0.05) is 20.8 Å². The van der Waals surface area contributed by atoms with Gasteiger partial charge in [0.05, 0.1) is 11.2 Å². The van der Waals surface area contributed by atoms with Crippen molar-refractivity contribution < 1.29 is 23.5 Å². The average Bonchev–Trinajstić information content (AvgIpc) is 2.75.